The number of unbranched alkanes of at least 4 members (excludes halogenated alkanes) is 5. The highest BCUT2D eigenvalue weighted by Gasteiger charge is 2.24. The van der Waals surface area contributed by atoms with Crippen molar-refractivity contribution in [3.63, 3.8) is 0 Å². The van der Waals surface area contributed by atoms with Crippen molar-refractivity contribution in [2.45, 2.75) is 51.9 Å². The summed E-state index contributed by atoms with van der Waals surface area (Å²) < 4.78 is 5.46. The Morgan fingerprint density at radius 1 is 0.750 bits per heavy atom. The van der Waals surface area contributed by atoms with Gasteiger partial charge in [0.15, 0.2) is 5.70 Å². The number of hydrogen-bond donors (Lipinski definition) is 0. The van der Waals surface area contributed by atoms with Gasteiger partial charge in [0.25, 0.3) is 0 Å². The molecule has 0 spiro atoms. The number of aryl methyl sites for hydroxylation is 1. The molecule has 0 bridgehead atoms. The number of anilines is 1. The molecule has 0 aromatic heterocycles. The SMILES string of the molecule is CCCCCCCCc1ccc(-c2ccc(C3=NC(=Cc4ccc(N(C)C)cc4)C(=O)O3)cc2)cc1. The maximum Gasteiger partial charge on any atom is 0.363 e. The van der Waals surface area contributed by atoms with E-state index in [1.165, 1.54) is 49.7 Å². The van der Waals surface area contributed by atoms with Crippen LogP contribution in [-0.2, 0) is 16.0 Å². The van der Waals surface area contributed by atoms with Crippen molar-refractivity contribution >= 4 is 23.6 Å². The van der Waals surface area contributed by atoms with Gasteiger partial charge in [-0.25, -0.2) is 9.79 Å². The zero-order chi connectivity index (χ0) is 25.3. The predicted octanol–water partition coefficient (Wildman–Crippen LogP) is 7.67. The lowest BCUT2D eigenvalue weighted by Gasteiger charge is -2.11. The summed E-state index contributed by atoms with van der Waals surface area (Å²) in [6, 6.07) is 24.8. The van der Waals surface area contributed by atoms with Gasteiger partial charge >= 0.3 is 5.97 Å². The molecule has 4 nitrogen and oxygen atoms in total. The highest BCUT2D eigenvalue weighted by Crippen LogP contribution is 2.24. The van der Waals surface area contributed by atoms with E-state index in [-0.39, 0.29) is 0 Å². The minimum absolute atomic E-state index is 0.313. The molecule has 1 aliphatic heterocycles. The van der Waals surface area contributed by atoms with E-state index >= 15 is 0 Å². The minimum atomic E-state index is -0.424. The van der Waals surface area contributed by atoms with Crippen LogP contribution in [0.3, 0.4) is 0 Å². The summed E-state index contributed by atoms with van der Waals surface area (Å²) in [5.74, 6) is -0.0799. The number of carbonyl (C=O) groups excluding carboxylic acids is 1. The number of carbonyl (C=O) groups is 1. The van der Waals surface area contributed by atoms with Crippen LogP contribution in [-0.4, -0.2) is 26.0 Å². The normalized spacial score (nSPS) is 14.1. The average molecular weight is 481 g/mol. The quantitative estimate of drug-likeness (QED) is 0.161. The Morgan fingerprint density at radius 3 is 1.97 bits per heavy atom. The highest BCUT2D eigenvalue weighted by atomic mass is 16.6. The van der Waals surface area contributed by atoms with E-state index in [1.807, 2.05) is 55.4 Å². The molecule has 0 aliphatic carbocycles. The fourth-order valence-corrected chi connectivity index (χ4v) is 4.34. The average Bonchev–Trinajstić information content (AvgIpc) is 3.27. The summed E-state index contributed by atoms with van der Waals surface area (Å²) in [6.45, 7) is 2.26. The van der Waals surface area contributed by atoms with Crippen LogP contribution >= 0.6 is 0 Å². The first kappa shape index (κ1) is 25.4. The van der Waals surface area contributed by atoms with Crippen molar-refractivity contribution in [1.82, 2.24) is 0 Å². The van der Waals surface area contributed by atoms with Gasteiger partial charge in [-0.05, 0) is 65.4 Å². The van der Waals surface area contributed by atoms with Gasteiger partial charge < -0.3 is 9.64 Å². The van der Waals surface area contributed by atoms with Crippen LogP contribution in [0.5, 0.6) is 0 Å². The van der Waals surface area contributed by atoms with Crippen LogP contribution in [0.4, 0.5) is 5.69 Å². The molecular weight excluding hydrogens is 444 g/mol. The number of benzene rings is 3. The van der Waals surface area contributed by atoms with Crippen molar-refractivity contribution in [2.75, 3.05) is 19.0 Å². The molecule has 36 heavy (non-hydrogen) atoms. The molecule has 3 aromatic rings. The van der Waals surface area contributed by atoms with E-state index < -0.39 is 5.97 Å². The standard InChI is InChI=1S/C32H36N2O2/c1-4-5-6-7-8-9-10-24-11-15-26(16-12-24)27-17-19-28(20-18-27)31-33-30(32(35)36-31)23-25-13-21-29(22-14-25)34(2)3/h11-23H,4-10H2,1-3H3. The molecular formula is C32H36N2O2. The Bertz CT molecular complexity index is 1200. The van der Waals surface area contributed by atoms with Gasteiger partial charge in [0.2, 0.25) is 5.90 Å². The van der Waals surface area contributed by atoms with Crippen molar-refractivity contribution in [3.05, 3.63) is 95.2 Å². The first-order chi connectivity index (χ1) is 17.5. The summed E-state index contributed by atoms with van der Waals surface area (Å²) in [7, 11) is 3.99. The Hall–Kier alpha value is -3.66. The van der Waals surface area contributed by atoms with Gasteiger partial charge in [0.05, 0.1) is 0 Å². The first-order valence-corrected chi connectivity index (χ1v) is 13.0. The fraction of sp³-hybridized carbons (Fsp3) is 0.312. The summed E-state index contributed by atoms with van der Waals surface area (Å²) in [4.78, 5) is 18.9. The maximum atomic E-state index is 12.4. The maximum absolute atomic E-state index is 12.4. The monoisotopic (exact) mass is 480 g/mol. The molecule has 1 heterocycles. The molecule has 4 rings (SSSR count). The topological polar surface area (TPSA) is 41.9 Å². The number of aliphatic imine (C=N–C) groups is 1. The van der Waals surface area contributed by atoms with E-state index in [1.54, 1.807) is 6.08 Å². The van der Waals surface area contributed by atoms with Crippen LogP contribution in [0.25, 0.3) is 17.2 Å². The number of hydrogen-bond acceptors (Lipinski definition) is 4. The first-order valence-electron chi connectivity index (χ1n) is 13.0. The number of rotatable bonds is 11. The number of ether oxygens (including phenoxy) is 1. The molecule has 0 saturated carbocycles. The van der Waals surface area contributed by atoms with E-state index in [2.05, 4.69) is 48.3 Å². The third kappa shape index (κ3) is 6.72. The third-order valence-electron chi connectivity index (χ3n) is 6.57. The van der Waals surface area contributed by atoms with E-state index in [9.17, 15) is 4.79 Å². The molecule has 0 saturated heterocycles. The molecule has 1 aliphatic rings. The second-order valence-electron chi connectivity index (χ2n) is 9.61. The third-order valence-corrected chi connectivity index (χ3v) is 6.57. The summed E-state index contributed by atoms with van der Waals surface area (Å²) >= 11 is 0. The highest BCUT2D eigenvalue weighted by molar-refractivity contribution is 6.13. The Balaban J connectivity index is 1.37. The van der Waals surface area contributed by atoms with Crippen molar-refractivity contribution in [3.8, 4) is 11.1 Å². The smallest absolute Gasteiger partial charge is 0.363 e. The van der Waals surface area contributed by atoms with Crippen LogP contribution < -0.4 is 4.90 Å². The fourth-order valence-electron chi connectivity index (χ4n) is 4.34. The number of nitrogens with zero attached hydrogens (tertiary/aromatic N) is 2. The van der Waals surface area contributed by atoms with Crippen molar-refractivity contribution in [2.24, 2.45) is 4.99 Å². The molecule has 3 aromatic carbocycles. The molecule has 0 fully saturated rings. The van der Waals surface area contributed by atoms with Gasteiger partial charge in [0, 0.05) is 25.3 Å². The lowest BCUT2D eigenvalue weighted by molar-refractivity contribution is -0.129. The van der Waals surface area contributed by atoms with Crippen LogP contribution in [0.1, 0.15) is 62.1 Å². The Kier molecular flexibility index (Phi) is 8.72. The predicted molar refractivity (Wildman–Crippen MR) is 150 cm³/mol. The van der Waals surface area contributed by atoms with Crippen molar-refractivity contribution in [1.29, 1.82) is 0 Å². The lowest BCUT2D eigenvalue weighted by Crippen LogP contribution is -2.08. The van der Waals surface area contributed by atoms with Gasteiger partial charge in [-0.3, -0.25) is 0 Å². The minimum Gasteiger partial charge on any atom is -0.402 e. The zero-order valence-electron chi connectivity index (χ0n) is 21.7. The largest absolute Gasteiger partial charge is 0.402 e. The lowest BCUT2D eigenvalue weighted by atomic mass is 10.00. The molecule has 4 heteroatoms. The van der Waals surface area contributed by atoms with E-state index in [4.69, 9.17) is 4.74 Å². The molecule has 0 N–H and O–H groups in total. The van der Waals surface area contributed by atoms with Gasteiger partial charge in [-0.15, -0.1) is 0 Å². The summed E-state index contributed by atoms with van der Waals surface area (Å²) in [6.07, 6.45) is 10.8. The van der Waals surface area contributed by atoms with Crippen LogP contribution in [0.2, 0.25) is 0 Å². The number of esters is 1. The summed E-state index contributed by atoms with van der Waals surface area (Å²) in [5.41, 5.74) is 6.82. The molecule has 186 valence electrons. The second-order valence-corrected chi connectivity index (χ2v) is 9.61. The molecule has 0 amide bonds. The van der Waals surface area contributed by atoms with E-state index in [0.717, 1.165) is 28.8 Å². The molecule has 0 atom stereocenters. The molecule has 0 unspecified atom stereocenters. The Morgan fingerprint density at radius 2 is 1.33 bits per heavy atom. The van der Waals surface area contributed by atoms with Crippen LogP contribution in [0.15, 0.2) is 83.5 Å². The van der Waals surface area contributed by atoms with Crippen molar-refractivity contribution < 1.29 is 9.53 Å². The van der Waals surface area contributed by atoms with Gasteiger partial charge in [-0.1, -0.05) is 87.6 Å². The number of cyclic esters (lactones) is 1. The Labute approximate surface area is 215 Å². The van der Waals surface area contributed by atoms with Gasteiger partial charge in [0.1, 0.15) is 0 Å². The second kappa shape index (κ2) is 12.3. The zero-order valence-corrected chi connectivity index (χ0v) is 21.7. The molecule has 0 radical (unpaired) electrons. The van der Waals surface area contributed by atoms with E-state index in [0.29, 0.717) is 11.6 Å². The van der Waals surface area contributed by atoms with Crippen LogP contribution in [0, 0.1) is 0 Å². The summed E-state index contributed by atoms with van der Waals surface area (Å²) in [5, 5.41) is 0. The van der Waals surface area contributed by atoms with Gasteiger partial charge in [-0.2, -0.15) is 0 Å².